The van der Waals surface area contributed by atoms with Gasteiger partial charge in [0.25, 0.3) is 5.91 Å². The molecule has 0 aliphatic carbocycles. The van der Waals surface area contributed by atoms with Crippen molar-refractivity contribution in [3.8, 4) is 0 Å². The Morgan fingerprint density at radius 3 is 2.78 bits per heavy atom. The van der Waals surface area contributed by atoms with Crippen LogP contribution in [0.5, 0.6) is 0 Å². The number of nitrogens with zero attached hydrogens (tertiary/aromatic N) is 6. The van der Waals surface area contributed by atoms with E-state index in [1.807, 2.05) is 24.9 Å². The van der Waals surface area contributed by atoms with Crippen LogP contribution in [0.2, 0.25) is 0 Å². The second-order valence-electron chi connectivity index (χ2n) is 6.72. The largest absolute Gasteiger partial charge is 0.352 e. The highest BCUT2D eigenvalue weighted by atomic mass is 19.1. The summed E-state index contributed by atoms with van der Waals surface area (Å²) >= 11 is 0. The lowest BCUT2D eigenvalue weighted by Gasteiger charge is -2.16. The number of aromatic nitrogens is 5. The van der Waals surface area contributed by atoms with E-state index in [1.165, 1.54) is 12.4 Å². The van der Waals surface area contributed by atoms with Crippen LogP contribution in [0.3, 0.4) is 0 Å². The van der Waals surface area contributed by atoms with E-state index in [0.29, 0.717) is 30.4 Å². The van der Waals surface area contributed by atoms with Crippen LogP contribution in [-0.4, -0.2) is 49.5 Å². The fourth-order valence-corrected chi connectivity index (χ4v) is 3.28. The Balaban J connectivity index is 1.45. The molecular weight excluding hydrogens is 349 g/mol. The quantitative estimate of drug-likeness (QED) is 0.759. The van der Waals surface area contributed by atoms with Gasteiger partial charge >= 0.3 is 0 Å². The highest BCUT2D eigenvalue weighted by Crippen LogP contribution is 2.26. The fourth-order valence-electron chi connectivity index (χ4n) is 3.28. The van der Waals surface area contributed by atoms with Gasteiger partial charge in [-0.05, 0) is 13.3 Å². The molecule has 1 N–H and O–H groups in total. The van der Waals surface area contributed by atoms with Gasteiger partial charge in [-0.2, -0.15) is 0 Å². The van der Waals surface area contributed by atoms with Crippen molar-refractivity contribution in [1.82, 2.24) is 24.3 Å². The molecule has 8 nitrogen and oxygen atoms in total. The minimum Gasteiger partial charge on any atom is -0.352 e. The van der Waals surface area contributed by atoms with Crippen LogP contribution in [0.1, 0.15) is 29.5 Å². The zero-order valence-electron chi connectivity index (χ0n) is 15.1. The molecule has 0 aromatic carbocycles. The molecule has 0 bridgehead atoms. The molecule has 3 aromatic rings. The number of rotatable bonds is 4. The average Bonchev–Trinajstić information content (AvgIpc) is 3.22. The average molecular weight is 369 g/mol. The number of imidazole rings is 1. The zero-order chi connectivity index (χ0) is 19.0. The Morgan fingerprint density at radius 1 is 1.22 bits per heavy atom. The number of aryl methyl sites for hydroxylation is 1. The summed E-state index contributed by atoms with van der Waals surface area (Å²) in [5.41, 5.74) is 1.74. The topological polar surface area (TPSA) is 88.3 Å². The third kappa shape index (κ3) is 3.44. The summed E-state index contributed by atoms with van der Waals surface area (Å²) in [5, 5.41) is 2.70. The summed E-state index contributed by atoms with van der Waals surface area (Å²) in [7, 11) is 0. The number of halogens is 1. The SMILES string of the molecule is CCC1CN(c2cnc(C(=O)Nc3cn4cc(C)nc4cn3)cn2)CC1F. The highest BCUT2D eigenvalue weighted by Gasteiger charge is 2.32. The normalized spacial score (nSPS) is 19.6. The van der Waals surface area contributed by atoms with Gasteiger partial charge in [-0.15, -0.1) is 0 Å². The minimum absolute atomic E-state index is 0.0163. The van der Waals surface area contributed by atoms with Crippen LogP contribution < -0.4 is 10.2 Å². The lowest BCUT2D eigenvalue weighted by atomic mass is 10.1. The Labute approximate surface area is 155 Å². The number of anilines is 2. The van der Waals surface area contributed by atoms with E-state index in [-0.39, 0.29) is 11.6 Å². The lowest BCUT2D eigenvalue weighted by molar-refractivity contribution is 0.102. The molecule has 1 aliphatic heterocycles. The Morgan fingerprint density at radius 2 is 2.07 bits per heavy atom. The maximum Gasteiger partial charge on any atom is 0.277 e. The van der Waals surface area contributed by atoms with Gasteiger partial charge in [0.2, 0.25) is 0 Å². The van der Waals surface area contributed by atoms with Gasteiger partial charge in [-0.1, -0.05) is 6.92 Å². The van der Waals surface area contributed by atoms with Crippen LogP contribution in [0.4, 0.5) is 16.0 Å². The predicted molar refractivity (Wildman–Crippen MR) is 98.6 cm³/mol. The van der Waals surface area contributed by atoms with E-state index >= 15 is 0 Å². The highest BCUT2D eigenvalue weighted by molar-refractivity contribution is 6.02. The van der Waals surface area contributed by atoms with E-state index in [0.717, 1.165) is 12.1 Å². The summed E-state index contributed by atoms with van der Waals surface area (Å²) in [4.78, 5) is 31.2. The van der Waals surface area contributed by atoms with Crippen molar-refractivity contribution in [2.75, 3.05) is 23.3 Å². The number of carbonyl (C=O) groups is 1. The second kappa shape index (κ2) is 6.90. The third-order valence-electron chi connectivity index (χ3n) is 4.78. The third-order valence-corrected chi connectivity index (χ3v) is 4.78. The van der Waals surface area contributed by atoms with Crippen molar-refractivity contribution >= 4 is 23.2 Å². The minimum atomic E-state index is -0.854. The summed E-state index contributed by atoms with van der Waals surface area (Å²) in [6.07, 6.45) is 7.96. The number of nitrogens with one attached hydrogen (secondary N) is 1. The molecule has 4 rings (SSSR count). The van der Waals surface area contributed by atoms with Gasteiger partial charge in [-0.3, -0.25) is 4.79 Å². The molecule has 9 heteroatoms. The number of carbonyl (C=O) groups excluding carboxylic acids is 1. The number of alkyl halides is 1. The first-order chi connectivity index (χ1) is 13.0. The Kier molecular flexibility index (Phi) is 4.43. The summed E-state index contributed by atoms with van der Waals surface area (Å²) in [6, 6.07) is 0. The van der Waals surface area contributed by atoms with E-state index in [1.54, 1.807) is 16.8 Å². The first-order valence-electron chi connectivity index (χ1n) is 8.87. The Bertz CT molecular complexity index is 972. The van der Waals surface area contributed by atoms with Crippen molar-refractivity contribution in [3.63, 3.8) is 0 Å². The standard InChI is InChI=1S/C18H20FN7O/c1-3-12-8-26(9-13(12)19)16-5-20-14(4-22-16)18(27)24-15-10-25-7-11(2)23-17(25)6-21-15/h4-7,10,12-13H,3,8-9H2,1-2H3,(H,24,27). The molecule has 0 radical (unpaired) electrons. The Hall–Kier alpha value is -3.10. The number of hydrogen-bond acceptors (Lipinski definition) is 6. The van der Waals surface area contributed by atoms with Crippen molar-refractivity contribution in [2.45, 2.75) is 26.4 Å². The van der Waals surface area contributed by atoms with Gasteiger partial charge in [0.15, 0.2) is 5.65 Å². The van der Waals surface area contributed by atoms with E-state index < -0.39 is 12.1 Å². The van der Waals surface area contributed by atoms with Crippen molar-refractivity contribution < 1.29 is 9.18 Å². The van der Waals surface area contributed by atoms with Crippen LogP contribution in [0, 0.1) is 12.8 Å². The molecule has 27 heavy (non-hydrogen) atoms. The van der Waals surface area contributed by atoms with Crippen molar-refractivity contribution in [2.24, 2.45) is 5.92 Å². The molecular formula is C18H20FN7O. The molecule has 1 fully saturated rings. The molecule has 0 saturated carbocycles. The van der Waals surface area contributed by atoms with E-state index in [2.05, 4.69) is 25.3 Å². The molecule has 1 aliphatic rings. The molecule has 0 spiro atoms. The summed E-state index contributed by atoms with van der Waals surface area (Å²) in [5.74, 6) is 0.580. The molecule has 2 atom stereocenters. The molecule has 1 amide bonds. The van der Waals surface area contributed by atoms with Gasteiger partial charge in [0, 0.05) is 18.7 Å². The zero-order valence-corrected chi connectivity index (χ0v) is 15.1. The number of hydrogen-bond donors (Lipinski definition) is 1. The number of fused-ring (bicyclic) bond motifs is 1. The lowest BCUT2D eigenvalue weighted by Crippen LogP contribution is -2.22. The first-order valence-corrected chi connectivity index (χ1v) is 8.87. The van der Waals surface area contributed by atoms with Gasteiger partial charge in [0.1, 0.15) is 23.5 Å². The summed E-state index contributed by atoms with van der Waals surface area (Å²) < 4.78 is 15.7. The van der Waals surface area contributed by atoms with Crippen molar-refractivity contribution in [1.29, 1.82) is 0 Å². The fraction of sp³-hybridized carbons (Fsp3) is 0.389. The van der Waals surface area contributed by atoms with Crippen LogP contribution in [0.25, 0.3) is 5.65 Å². The van der Waals surface area contributed by atoms with Crippen LogP contribution in [0.15, 0.2) is 31.0 Å². The van der Waals surface area contributed by atoms with E-state index in [4.69, 9.17) is 0 Å². The predicted octanol–water partition coefficient (Wildman–Crippen LogP) is 2.26. The molecule has 1 saturated heterocycles. The van der Waals surface area contributed by atoms with Gasteiger partial charge < -0.3 is 14.6 Å². The second-order valence-corrected chi connectivity index (χ2v) is 6.72. The van der Waals surface area contributed by atoms with Crippen molar-refractivity contribution in [3.05, 3.63) is 42.4 Å². The van der Waals surface area contributed by atoms with Crippen LogP contribution in [-0.2, 0) is 0 Å². The molecule has 2 unspecified atom stereocenters. The van der Waals surface area contributed by atoms with Crippen LogP contribution >= 0.6 is 0 Å². The van der Waals surface area contributed by atoms with E-state index in [9.17, 15) is 9.18 Å². The molecule has 4 heterocycles. The van der Waals surface area contributed by atoms with Gasteiger partial charge in [0.05, 0.1) is 37.0 Å². The van der Waals surface area contributed by atoms with Gasteiger partial charge in [-0.25, -0.2) is 24.3 Å². The first kappa shape index (κ1) is 17.3. The maximum atomic E-state index is 13.9. The number of amides is 1. The smallest absolute Gasteiger partial charge is 0.277 e. The summed E-state index contributed by atoms with van der Waals surface area (Å²) in [6.45, 7) is 4.80. The molecule has 140 valence electrons. The monoisotopic (exact) mass is 369 g/mol. The maximum absolute atomic E-state index is 13.9. The molecule has 3 aromatic heterocycles.